The molecular formula is C22H19Cl5N2O2. The van der Waals surface area contributed by atoms with Crippen LogP contribution in [-0.4, -0.2) is 12.1 Å². The number of nitrogens with one attached hydrogen (secondary N) is 1. The highest BCUT2D eigenvalue weighted by Gasteiger charge is 2.60. The molecule has 0 aliphatic heterocycles. The van der Waals surface area contributed by atoms with Crippen LogP contribution in [0.1, 0.15) is 25.0 Å². The second-order valence-electron chi connectivity index (χ2n) is 7.69. The van der Waals surface area contributed by atoms with Gasteiger partial charge in [0, 0.05) is 26.2 Å². The number of hydrogen-bond donors (Lipinski definition) is 1. The van der Waals surface area contributed by atoms with E-state index in [1.165, 1.54) is 6.21 Å². The van der Waals surface area contributed by atoms with Gasteiger partial charge >= 0.3 is 0 Å². The summed E-state index contributed by atoms with van der Waals surface area (Å²) in [5.41, 5.74) is 3.58. The smallest absolute Gasteiger partial charge is 0.244 e. The molecule has 0 spiro atoms. The Bertz CT molecular complexity index is 1030. The van der Waals surface area contributed by atoms with Crippen LogP contribution in [-0.2, 0) is 11.4 Å². The van der Waals surface area contributed by atoms with Crippen LogP contribution in [0.2, 0.25) is 15.1 Å². The third kappa shape index (κ3) is 5.88. The lowest BCUT2D eigenvalue weighted by atomic mass is 10.1. The maximum Gasteiger partial charge on any atom is 0.244 e. The van der Waals surface area contributed by atoms with Crippen LogP contribution in [0.15, 0.2) is 52.1 Å². The zero-order valence-electron chi connectivity index (χ0n) is 16.6. The minimum absolute atomic E-state index is 0.0434. The first kappa shape index (κ1) is 24.2. The lowest BCUT2D eigenvalue weighted by Crippen LogP contribution is -2.22. The molecule has 3 rings (SSSR count). The second kappa shape index (κ2) is 10.0. The number of amides is 1. The molecule has 0 heterocycles. The summed E-state index contributed by atoms with van der Waals surface area (Å²) >= 11 is 30.0. The fraction of sp³-hybridized carbons (Fsp3) is 0.273. The van der Waals surface area contributed by atoms with E-state index in [1.54, 1.807) is 42.5 Å². The van der Waals surface area contributed by atoms with Gasteiger partial charge in [-0.05, 0) is 47.7 Å². The van der Waals surface area contributed by atoms with Crippen molar-refractivity contribution in [2.75, 3.05) is 0 Å². The van der Waals surface area contributed by atoms with Crippen molar-refractivity contribution in [1.82, 2.24) is 5.43 Å². The van der Waals surface area contributed by atoms with Gasteiger partial charge in [0.05, 0.1) is 12.1 Å². The first-order valence-corrected chi connectivity index (χ1v) is 11.2. The van der Waals surface area contributed by atoms with E-state index >= 15 is 0 Å². The van der Waals surface area contributed by atoms with Crippen molar-refractivity contribution in [3.8, 4) is 5.75 Å². The predicted octanol–water partition coefficient (Wildman–Crippen LogP) is 7.27. The van der Waals surface area contributed by atoms with Gasteiger partial charge in [-0.3, -0.25) is 4.79 Å². The fourth-order valence-electron chi connectivity index (χ4n) is 3.43. The Hall–Kier alpha value is -1.43. The number of halogens is 5. The van der Waals surface area contributed by atoms with Crippen LogP contribution in [0.4, 0.5) is 0 Å². The summed E-state index contributed by atoms with van der Waals surface area (Å²) in [6, 6.07) is 10.3. The molecular weight excluding hydrogens is 502 g/mol. The molecule has 2 aromatic rings. The van der Waals surface area contributed by atoms with Gasteiger partial charge in [-0.15, -0.1) is 0 Å². The number of benzene rings is 2. The third-order valence-corrected chi connectivity index (χ3v) is 6.48. The van der Waals surface area contributed by atoms with Gasteiger partial charge in [0.15, 0.2) is 0 Å². The zero-order chi connectivity index (χ0) is 22.8. The lowest BCUT2D eigenvalue weighted by Gasteiger charge is -2.12. The standard InChI is InChI=1S/C22H19Cl5N2O2/c1-22(2)15(9-19(26)27)20(22)21(30)29-28-10-12-8-13(23)6-7-18(12)31-11-14-16(24)4-3-5-17(14)25/h3-10,15,20H,11H2,1-2H3,(H,29,30)/t15-,20+/m0/s1. The van der Waals surface area contributed by atoms with Crippen LogP contribution in [0, 0.1) is 17.3 Å². The summed E-state index contributed by atoms with van der Waals surface area (Å²) in [6.45, 7) is 4.11. The van der Waals surface area contributed by atoms with Crippen LogP contribution in [0.3, 0.4) is 0 Å². The number of nitrogens with zero attached hydrogens (tertiary/aromatic N) is 1. The average molecular weight is 521 g/mol. The number of rotatable bonds is 7. The molecule has 2 atom stereocenters. The van der Waals surface area contributed by atoms with Crippen LogP contribution in [0.5, 0.6) is 5.75 Å². The molecule has 0 aromatic heterocycles. The highest BCUT2D eigenvalue weighted by atomic mass is 35.5. The van der Waals surface area contributed by atoms with Crippen molar-refractivity contribution < 1.29 is 9.53 Å². The van der Waals surface area contributed by atoms with E-state index in [-0.39, 0.29) is 34.3 Å². The molecule has 1 saturated carbocycles. The fourth-order valence-corrected chi connectivity index (χ4v) is 4.39. The summed E-state index contributed by atoms with van der Waals surface area (Å²) in [6.07, 6.45) is 3.15. The molecule has 31 heavy (non-hydrogen) atoms. The number of ether oxygens (including phenoxy) is 1. The number of hydrazone groups is 1. The van der Waals surface area contributed by atoms with Crippen molar-refractivity contribution in [3.63, 3.8) is 0 Å². The van der Waals surface area contributed by atoms with Crippen molar-refractivity contribution in [3.05, 3.63) is 73.2 Å². The monoisotopic (exact) mass is 518 g/mol. The van der Waals surface area contributed by atoms with E-state index in [0.717, 1.165) is 0 Å². The molecule has 9 heteroatoms. The Kier molecular flexibility index (Phi) is 7.82. The van der Waals surface area contributed by atoms with Gasteiger partial charge in [-0.2, -0.15) is 5.10 Å². The molecule has 1 aliphatic carbocycles. The van der Waals surface area contributed by atoms with E-state index in [1.807, 2.05) is 13.8 Å². The van der Waals surface area contributed by atoms with Gasteiger partial charge in [0.2, 0.25) is 5.91 Å². The molecule has 4 nitrogen and oxygen atoms in total. The zero-order valence-corrected chi connectivity index (χ0v) is 20.4. The van der Waals surface area contributed by atoms with Gasteiger partial charge in [-0.25, -0.2) is 5.43 Å². The van der Waals surface area contributed by atoms with E-state index in [0.29, 0.717) is 31.9 Å². The molecule has 0 unspecified atom stereocenters. The minimum Gasteiger partial charge on any atom is -0.488 e. The highest BCUT2D eigenvalue weighted by molar-refractivity contribution is 6.55. The van der Waals surface area contributed by atoms with E-state index in [9.17, 15) is 4.79 Å². The SMILES string of the molecule is CC1(C)[C@@H](C=C(Cl)Cl)[C@@H]1C(=O)NN=Cc1cc(Cl)ccc1OCc1c(Cl)cccc1Cl. The third-order valence-electron chi connectivity index (χ3n) is 5.28. The number of allylic oxidation sites excluding steroid dienone is 1. The topological polar surface area (TPSA) is 50.7 Å². The quantitative estimate of drug-likeness (QED) is 0.308. The van der Waals surface area contributed by atoms with Crippen molar-refractivity contribution in [2.45, 2.75) is 20.5 Å². The summed E-state index contributed by atoms with van der Waals surface area (Å²) in [5.74, 6) is -0.0166. The number of carbonyl (C=O) groups excluding carboxylic acids is 1. The minimum atomic E-state index is -0.269. The molecule has 0 saturated heterocycles. The predicted molar refractivity (Wildman–Crippen MR) is 129 cm³/mol. The van der Waals surface area contributed by atoms with Crippen LogP contribution >= 0.6 is 58.0 Å². The normalized spacial score (nSPS) is 19.2. The number of carbonyl (C=O) groups is 1. The van der Waals surface area contributed by atoms with Crippen LogP contribution in [0.25, 0.3) is 0 Å². The van der Waals surface area contributed by atoms with Gasteiger partial charge in [-0.1, -0.05) is 77.9 Å². The first-order chi connectivity index (χ1) is 14.6. The van der Waals surface area contributed by atoms with E-state index in [2.05, 4.69) is 10.5 Å². The summed E-state index contributed by atoms with van der Waals surface area (Å²) in [7, 11) is 0. The maximum atomic E-state index is 12.5. The van der Waals surface area contributed by atoms with Crippen LogP contribution < -0.4 is 10.2 Å². The second-order valence-corrected chi connectivity index (χ2v) is 9.95. The Labute approximate surface area is 206 Å². The average Bonchev–Trinajstić information content (AvgIpc) is 3.21. The maximum absolute atomic E-state index is 12.5. The van der Waals surface area contributed by atoms with Gasteiger partial charge in [0.1, 0.15) is 16.8 Å². The molecule has 164 valence electrons. The molecule has 1 aliphatic rings. The van der Waals surface area contributed by atoms with Gasteiger partial charge in [0.25, 0.3) is 0 Å². The molecule has 2 aromatic carbocycles. The Morgan fingerprint density at radius 3 is 2.48 bits per heavy atom. The Morgan fingerprint density at radius 1 is 1.16 bits per heavy atom. The van der Waals surface area contributed by atoms with Crippen molar-refractivity contribution in [1.29, 1.82) is 0 Å². The summed E-state index contributed by atoms with van der Waals surface area (Å²) < 4.78 is 6.03. The number of hydrogen-bond acceptors (Lipinski definition) is 3. The Morgan fingerprint density at radius 2 is 1.84 bits per heavy atom. The highest BCUT2D eigenvalue weighted by Crippen LogP contribution is 2.59. The largest absolute Gasteiger partial charge is 0.488 e. The van der Waals surface area contributed by atoms with Gasteiger partial charge < -0.3 is 4.74 Å². The van der Waals surface area contributed by atoms with E-state index < -0.39 is 0 Å². The van der Waals surface area contributed by atoms with E-state index in [4.69, 9.17) is 62.7 Å². The molecule has 1 fully saturated rings. The summed E-state index contributed by atoms with van der Waals surface area (Å²) in [5, 5.41) is 5.59. The molecule has 1 amide bonds. The Balaban J connectivity index is 1.69. The first-order valence-electron chi connectivity index (χ1n) is 9.32. The van der Waals surface area contributed by atoms with Crippen molar-refractivity contribution in [2.24, 2.45) is 22.4 Å². The molecule has 0 bridgehead atoms. The summed E-state index contributed by atoms with van der Waals surface area (Å²) in [4.78, 5) is 12.5. The van der Waals surface area contributed by atoms with Crippen molar-refractivity contribution >= 4 is 70.1 Å². The molecule has 0 radical (unpaired) electrons. The molecule has 1 N–H and O–H groups in total. The lowest BCUT2D eigenvalue weighted by molar-refractivity contribution is -0.123.